The molecule has 0 saturated carbocycles. The SMILES string of the molecule is Nc1cc(-c2ccc(Cl)cc2)nn1C(CC(=O)c1ccccc1)c1ccccc1. The molecule has 3 aromatic carbocycles. The first-order chi connectivity index (χ1) is 14.1. The normalized spacial score (nSPS) is 11.9. The van der Waals surface area contributed by atoms with Crippen molar-refractivity contribution in [3.8, 4) is 11.3 Å². The number of nitrogens with two attached hydrogens (primary N) is 1. The largest absolute Gasteiger partial charge is 0.384 e. The Morgan fingerprint density at radius 2 is 1.55 bits per heavy atom. The van der Waals surface area contributed by atoms with Crippen LogP contribution in [0.4, 0.5) is 5.82 Å². The third-order valence-corrected chi connectivity index (χ3v) is 5.11. The number of ketones is 1. The van der Waals surface area contributed by atoms with E-state index >= 15 is 0 Å². The van der Waals surface area contributed by atoms with Crippen molar-refractivity contribution in [2.45, 2.75) is 12.5 Å². The second-order valence-corrected chi connectivity index (χ2v) is 7.26. The maximum atomic E-state index is 12.9. The van der Waals surface area contributed by atoms with E-state index < -0.39 is 0 Å². The van der Waals surface area contributed by atoms with E-state index in [0.29, 0.717) is 16.4 Å². The summed E-state index contributed by atoms with van der Waals surface area (Å²) >= 11 is 5.99. The highest BCUT2D eigenvalue weighted by Gasteiger charge is 2.22. The predicted molar refractivity (Wildman–Crippen MR) is 117 cm³/mol. The molecule has 4 nitrogen and oxygen atoms in total. The van der Waals surface area contributed by atoms with Crippen molar-refractivity contribution in [3.63, 3.8) is 0 Å². The Bertz CT molecular complexity index is 1110. The molecule has 0 aliphatic rings. The highest BCUT2D eigenvalue weighted by atomic mass is 35.5. The molecule has 1 unspecified atom stereocenters. The zero-order valence-corrected chi connectivity index (χ0v) is 16.5. The molecule has 0 fully saturated rings. The maximum absolute atomic E-state index is 12.9. The first-order valence-electron chi connectivity index (χ1n) is 9.36. The smallest absolute Gasteiger partial charge is 0.165 e. The summed E-state index contributed by atoms with van der Waals surface area (Å²) in [4.78, 5) is 12.9. The zero-order valence-electron chi connectivity index (χ0n) is 15.7. The number of aromatic nitrogens is 2. The van der Waals surface area contributed by atoms with Crippen molar-refractivity contribution in [1.82, 2.24) is 9.78 Å². The van der Waals surface area contributed by atoms with Gasteiger partial charge in [-0.2, -0.15) is 5.10 Å². The topological polar surface area (TPSA) is 60.9 Å². The van der Waals surface area contributed by atoms with Crippen molar-refractivity contribution in [2.75, 3.05) is 5.73 Å². The van der Waals surface area contributed by atoms with Crippen LogP contribution < -0.4 is 5.73 Å². The van der Waals surface area contributed by atoms with Crippen molar-refractivity contribution in [2.24, 2.45) is 0 Å². The lowest BCUT2D eigenvalue weighted by Gasteiger charge is -2.19. The molecule has 0 radical (unpaired) electrons. The monoisotopic (exact) mass is 401 g/mol. The Morgan fingerprint density at radius 3 is 2.21 bits per heavy atom. The number of hydrogen-bond acceptors (Lipinski definition) is 3. The minimum absolute atomic E-state index is 0.0439. The van der Waals surface area contributed by atoms with Gasteiger partial charge in [0, 0.05) is 28.6 Å². The van der Waals surface area contributed by atoms with Crippen LogP contribution in [0.2, 0.25) is 5.02 Å². The van der Waals surface area contributed by atoms with Gasteiger partial charge in [0.1, 0.15) is 5.82 Å². The van der Waals surface area contributed by atoms with E-state index in [0.717, 1.165) is 16.8 Å². The fourth-order valence-electron chi connectivity index (χ4n) is 3.36. The highest BCUT2D eigenvalue weighted by Crippen LogP contribution is 2.30. The summed E-state index contributed by atoms with van der Waals surface area (Å²) < 4.78 is 1.74. The third kappa shape index (κ3) is 4.23. The molecule has 0 bridgehead atoms. The molecule has 2 N–H and O–H groups in total. The van der Waals surface area contributed by atoms with Crippen LogP contribution in [0.1, 0.15) is 28.4 Å². The van der Waals surface area contributed by atoms with E-state index in [-0.39, 0.29) is 18.2 Å². The number of Topliss-reactive ketones (excluding diaryl/α,β-unsaturated/α-hetero) is 1. The number of halogens is 1. The molecule has 1 heterocycles. The van der Waals surface area contributed by atoms with Crippen LogP contribution in [-0.4, -0.2) is 15.6 Å². The van der Waals surface area contributed by atoms with Crippen LogP contribution in [0.15, 0.2) is 91.0 Å². The lowest BCUT2D eigenvalue weighted by molar-refractivity contribution is 0.0968. The number of nitrogen functional groups attached to an aromatic ring is 1. The molecule has 1 aromatic heterocycles. The molecule has 144 valence electrons. The standard InChI is InChI=1S/C24H20ClN3O/c25-20-13-11-17(12-14-20)21-15-24(26)28(27-21)22(18-7-3-1-4-8-18)16-23(29)19-9-5-2-6-10-19/h1-15,22H,16,26H2. The Balaban J connectivity index is 1.72. The average Bonchev–Trinajstić information content (AvgIpc) is 3.15. The second kappa shape index (κ2) is 8.33. The quantitative estimate of drug-likeness (QED) is 0.425. The van der Waals surface area contributed by atoms with Crippen LogP contribution in [-0.2, 0) is 0 Å². The molecule has 1 atom stereocenters. The van der Waals surface area contributed by atoms with Crippen molar-refractivity contribution < 1.29 is 4.79 Å². The number of nitrogens with zero attached hydrogens (tertiary/aromatic N) is 2. The van der Waals surface area contributed by atoms with Crippen LogP contribution in [0, 0.1) is 0 Å². The summed E-state index contributed by atoms with van der Waals surface area (Å²) in [7, 11) is 0. The lowest BCUT2D eigenvalue weighted by Crippen LogP contribution is -2.18. The number of carbonyl (C=O) groups is 1. The number of rotatable bonds is 6. The summed E-state index contributed by atoms with van der Waals surface area (Å²) in [5.74, 6) is 0.548. The van der Waals surface area contributed by atoms with Gasteiger partial charge in [-0.3, -0.25) is 4.79 Å². The summed E-state index contributed by atoms with van der Waals surface area (Å²) in [6.45, 7) is 0. The fraction of sp³-hybridized carbons (Fsp3) is 0.0833. The van der Waals surface area contributed by atoms with E-state index in [1.54, 1.807) is 4.68 Å². The molecule has 0 spiro atoms. The molecule has 0 saturated heterocycles. The van der Waals surface area contributed by atoms with Crippen LogP contribution >= 0.6 is 11.6 Å². The van der Waals surface area contributed by atoms with Gasteiger partial charge in [0.05, 0.1) is 11.7 Å². The maximum Gasteiger partial charge on any atom is 0.165 e. The number of anilines is 1. The Hall–Kier alpha value is -3.37. The summed E-state index contributed by atoms with van der Waals surface area (Å²) in [6, 6.07) is 28.1. The minimum Gasteiger partial charge on any atom is -0.384 e. The molecule has 0 aliphatic carbocycles. The Kier molecular flexibility index (Phi) is 5.45. The number of benzene rings is 3. The summed E-state index contributed by atoms with van der Waals surface area (Å²) in [6.07, 6.45) is 0.264. The predicted octanol–water partition coefficient (Wildman–Crippen LogP) is 5.65. The van der Waals surface area contributed by atoms with E-state index in [9.17, 15) is 4.79 Å². The van der Waals surface area contributed by atoms with Gasteiger partial charge in [-0.15, -0.1) is 0 Å². The van der Waals surface area contributed by atoms with Crippen LogP contribution in [0.25, 0.3) is 11.3 Å². The summed E-state index contributed by atoms with van der Waals surface area (Å²) in [5, 5.41) is 5.39. The fourth-order valence-corrected chi connectivity index (χ4v) is 3.48. The zero-order chi connectivity index (χ0) is 20.2. The van der Waals surface area contributed by atoms with Crippen molar-refractivity contribution in [1.29, 1.82) is 0 Å². The van der Waals surface area contributed by atoms with Crippen LogP contribution in [0.5, 0.6) is 0 Å². The van der Waals surface area contributed by atoms with E-state index in [1.165, 1.54) is 0 Å². The Labute approximate surface area is 174 Å². The van der Waals surface area contributed by atoms with Crippen molar-refractivity contribution in [3.05, 3.63) is 107 Å². The highest BCUT2D eigenvalue weighted by molar-refractivity contribution is 6.30. The molecule has 4 rings (SSSR count). The summed E-state index contributed by atoms with van der Waals surface area (Å²) in [5.41, 5.74) is 9.64. The molecule has 29 heavy (non-hydrogen) atoms. The van der Waals surface area contributed by atoms with E-state index in [2.05, 4.69) is 0 Å². The first kappa shape index (κ1) is 19.0. The minimum atomic E-state index is -0.301. The average molecular weight is 402 g/mol. The molecule has 0 aliphatic heterocycles. The van der Waals surface area contributed by atoms with Gasteiger partial charge in [-0.1, -0.05) is 84.4 Å². The molecule has 0 amide bonds. The van der Waals surface area contributed by atoms with Gasteiger partial charge in [0.15, 0.2) is 5.78 Å². The second-order valence-electron chi connectivity index (χ2n) is 6.83. The van der Waals surface area contributed by atoms with Gasteiger partial charge in [-0.25, -0.2) is 4.68 Å². The first-order valence-corrected chi connectivity index (χ1v) is 9.74. The third-order valence-electron chi connectivity index (χ3n) is 4.86. The van der Waals surface area contributed by atoms with Crippen LogP contribution in [0.3, 0.4) is 0 Å². The van der Waals surface area contributed by atoms with Gasteiger partial charge in [-0.05, 0) is 17.7 Å². The van der Waals surface area contributed by atoms with Gasteiger partial charge in [0.25, 0.3) is 0 Å². The van der Waals surface area contributed by atoms with Gasteiger partial charge >= 0.3 is 0 Å². The molecule has 5 heteroatoms. The Morgan fingerprint density at radius 1 is 0.931 bits per heavy atom. The molecular weight excluding hydrogens is 382 g/mol. The van der Waals surface area contributed by atoms with E-state index in [4.69, 9.17) is 22.4 Å². The van der Waals surface area contributed by atoms with Gasteiger partial charge in [0.2, 0.25) is 0 Å². The molecule has 4 aromatic rings. The van der Waals surface area contributed by atoms with Crippen molar-refractivity contribution >= 4 is 23.2 Å². The number of hydrogen-bond donors (Lipinski definition) is 1. The lowest BCUT2D eigenvalue weighted by atomic mass is 9.98. The molecular formula is C24H20ClN3O. The number of carbonyl (C=O) groups excluding carboxylic acids is 1. The van der Waals surface area contributed by atoms with E-state index in [1.807, 2.05) is 91.0 Å². The van der Waals surface area contributed by atoms with Gasteiger partial charge < -0.3 is 5.73 Å².